The molecule has 1 aromatic rings. The molecule has 3 rings (SSSR count). The van der Waals surface area contributed by atoms with E-state index < -0.39 is 0 Å². The van der Waals surface area contributed by atoms with Gasteiger partial charge in [0.1, 0.15) is 0 Å². The summed E-state index contributed by atoms with van der Waals surface area (Å²) in [4.78, 5) is 2.45. The number of fused-ring (bicyclic) bond motifs is 1. The maximum atomic E-state index is 4.12. The van der Waals surface area contributed by atoms with Crippen LogP contribution >= 0.6 is 0 Å². The first-order valence-corrected chi connectivity index (χ1v) is 5.81. The van der Waals surface area contributed by atoms with Crippen LogP contribution in [0.1, 0.15) is 44.0 Å². The second kappa shape index (κ2) is 3.56. The fourth-order valence-electron chi connectivity index (χ4n) is 3.28. The standard InChI is InChI=1S/C10H17N5/c1-15-8-5-3-2-4-7(8)6-9(15)10-11-13-14-12-10/h7-9H,2-6H2,1H3,(H,11,12,13,14). The number of aromatic nitrogens is 4. The van der Waals surface area contributed by atoms with Gasteiger partial charge in [-0.25, -0.2) is 0 Å². The Kier molecular flexibility index (Phi) is 2.20. The van der Waals surface area contributed by atoms with E-state index in [0.717, 1.165) is 17.8 Å². The average Bonchev–Trinajstić information content (AvgIpc) is 2.87. The summed E-state index contributed by atoms with van der Waals surface area (Å²) in [7, 11) is 2.21. The Balaban J connectivity index is 1.82. The molecule has 0 spiro atoms. The zero-order valence-electron chi connectivity index (χ0n) is 9.06. The van der Waals surface area contributed by atoms with Crippen molar-refractivity contribution in [3.63, 3.8) is 0 Å². The number of H-pyrrole nitrogens is 1. The smallest absolute Gasteiger partial charge is 0.191 e. The van der Waals surface area contributed by atoms with Crippen LogP contribution in [-0.4, -0.2) is 38.6 Å². The van der Waals surface area contributed by atoms with Crippen molar-refractivity contribution >= 4 is 0 Å². The molecule has 2 fully saturated rings. The van der Waals surface area contributed by atoms with Gasteiger partial charge in [-0.05, 0) is 32.2 Å². The Morgan fingerprint density at radius 3 is 2.93 bits per heavy atom. The zero-order chi connectivity index (χ0) is 10.3. The quantitative estimate of drug-likeness (QED) is 0.750. The fourth-order valence-corrected chi connectivity index (χ4v) is 3.28. The molecular formula is C10H17N5. The largest absolute Gasteiger partial charge is 0.293 e. The lowest BCUT2D eigenvalue weighted by Gasteiger charge is -2.30. The number of hydrogen-bond acceptors (Lipinski definition) is 4. The monoisotopic (exact) mass is 207 g/mol. The summed E-state index contributed by atoms with van der Waals surface area (Å²) < 4.78 is 0. The lowest BCUT2D eigenvalue weighted by atomic mass is 9.85. The SMILES string of the molecule is CN1C(c2nn[nH]n2)CC2CCCCC21. The molecule has 2 heterocycles. The molecule has 2 aliphatic rings. The highest BCUT2D eigenvalue weighted by molar-refractivity contribution is 5.01. The van der Waals surface area contributed by atoms with Gasteiger partial charge in [-0.2, -0.15) is 5.21 Å². The van der Waals surface area contributed by atoms with Gasteiger partial charge in [-0.1, -0.05) is 18.1 Å². The summed E-state index contributed by atoms with van der Waals surface area (Å²) in [5.41, 5.74) is 0. The first-order chi connectivity index (χ1) is 7.36. The van der Waals surface area contributed by atoms with Crippen LogP contribution < -0.4 is 0 Å². The molecule has 3 unspecified atom stereocenters. The number of tetrazole rings is 1. The van der Waals surface area contributed by atoms with Crippen LogP contribution in [0, 0.1) is 5.92 Å². The van der Waals surface area contributed by atoms with Gasteiger partial charge in [0.15, 0.2) is 5.82 Å². The molecule has 5 nitrogen and oxygen atoms in total. The van der Waals surface area contributed by atoms with Gasteiger partial charge in [0, 0.05) is 6.04 Å². The Hall–Kier alpha value is -0.970. The summed E-state index contributed by atoms with van der Waals surface area (Å²) >= 11 is 0. The van der Waals surface area contributed by atoms with E-state index in [1.54, 1.807) is 0 Å². The van der Waals surface area contributed by atoms with Crippen molar-refractivity contribution in [3.05, 3.63) is 5.82 Å². The second-order valence-electron chi connectivity index (χ2n) is 4.80. The molecule has 0 aromatic carbocycles. The van der Waals surface area contributed by atoms with Gasteiger partial charge in [-0.15, -0.1) is 10.2 Å². The number of nitrogens with one attached hydrogen (secondary N) is 1. The van der Waals surface area contributed by atoms with E-state index in [1.165, 1.54) is 32.1 Å². The zero-order valence-corrected chi connectivity index (χ0v) is 9.06. The molecule has 1 N–H and O–H groups in total. The lowest BCUT2D eigenvalue weighted by Crippen LogP contribution is -2.32. The third kappa shape index (κ3) is 1.45. The second-order valence-corrected chi connectivity index (χ2v) is 4.80. The molecule has 5 heteroatoms. The molecule has 3 atom stereocenters. The van der Waals surface area contributed by atoms with Crippen LogP contribution in [0.15, 0.2) is 0 Å². The van der Waals surface area contributed by atoms with E-state index in [2.05, 4.69) is 32.6 Å². The van der Waals surface area contributed by atoms with Crippen molar-refractivity contribution in [3.8, 4) is 0 Å². The van der Waals surface area contributed by atoms with Crippen molar-refractivity contribution in [2.75, 3.05) is 7.05 Å². The number of aromatic amines is 1. The summed E-state index contributed by atoms with van der Waals surface area (Å²) in [5, 5.41) is 14.4. The molecule has 1 aliphatic heterocycles. The van der Waals surface area contributed by atoms with Gasteiger partial charge >= 0.3 is 0 Å². The summed E-state index contributed by atoms with van der Waals surface area (Å²) in [5.74, 6) is 1.72. The first kappa shape index (κ1) is 9.27. The highest BCUT2D eigenvalue weighted by Crippen LogP contribution is 2.43. The van der Waals surface area contributed by atoms with E-state index >= 15 is 0 Å². The lowest BCUT2D eigenvalue weighted by molar-refractivity contribution is 0.184. The Morgan fingerprint density at radius 2 is 2.20 bits per heavy atom. The van der Waals surface area contributed by atoms with Crippen molar-refractivity contribution in [1.82, 2.24) is 25.5 Å². The Labute approximate surface area is 89.2 Å². The van der Waals surface area contributed by atoms with Gasteiger partial charge in [0.25, 0.3) is 0 Å². The van der Waals surface area contributed by atoms with Crippen LogP contribution in [0.2, 0.25) is 0 Å². The molecule has 82 valence electrons. The number of hydrogen-bond donors (Lipinski definition) is 1. The van der Waals surface area contributed by atoms with Gasteiger partial charge in [0.05, 0.1) is 6.04 Å². The highest BCUT2D eigenvalue weighted by Gasteiger charge is 2.41. The molecule has 1 aliphatic carbocycles. The number of rotatable bonds is 1. The number of likely N-dealkylation sites (tertiary alicyclic amines) is 1. The van der Waals surface area contributed by atoms with E-state index in [-0.39, 0.29) is 0 Å². The topological polar surface area (TPSA) is 57.7 Å². The first-order valence-electron chi connectivity index (χ1n) is 5.81. The van der Waals surface area contributed by atoms with Crippen LogP contribution in [-0.2, 0) is 0 Å². The average molecular weight is 207 g/mol. The Morgan fingerprint density at radius 1 is 1.33 bits per heavy atom. The van der Waals surface area contributed by atoms with Crippen molar-refractivity contribution in [2.45, 2.75) is 44.2 Å². The minimum Gasteiger partial charge on any atom is -0.293 e. The van der Waals surface area contributed by atoms with E-state index in [0.29, 0.717) is 6.04 Å². The van der Waals surface area contributed by atoms with Crippen LogP contribution in [0.25, 0.3) is 0 Å². The molecule has 1 aromatic heterocycles. The minimum atomic E-state index is 0.386. The normalized spacial score (nSPS) is 36.7. The summed E-state index contributed by atoms with van der Waals surface area (Å²) in [6, 6.07) is 1.14. The minimum absolute atomic E-state index is 0.386. The molecule has 1 saturated carbocycles. The maximum absolute atomic E-state index is 4.12. The van der Waals surface area contributed by atoms with Crippen LogP contribution in [0.4, 0.5) is 0 Å². The van der Waals surface area contributed by atoms with Gasteiger partial charge < -0.3 is 0 Å². The predicted octanol–water partition coefficient (Wildman–Crippen LogP) is 1.14. The maximum Gasteiger partial charge on any atom is 0.191 e. The molecule has 0 amide bonds. The van der Waals surface area contributed by atoms with Crippen molar-refractivity contribution in [1.29, 1.82) is 0 Å². The van der Waals surface area contributed by atoms with Gasteiger partial charge in [0.2, 0.25) is 0 Å². The predicted molar refractivity (Wildman–Crippen MR) is 55.0 cm³/mol. The number of nitrogens with zero attached hydrogens (tertiary/aromatic N) is 4. The van der Waals surface area contributed by atoms with Gasteiger partial charge in [-0.3, -0.25) is 4.90 Å². The molecule has 1 saturated heterocycles. The molecule has 15 heavy (non-hydrogen) atoms. The van der Waals surface area contributed by atoms with E-state index in [4.69, 9.17) is 0 Å². The summed E-state index contributed by atoms with van der Waals surface area (Å²) in [6.45, 7) is 0. The Bertz CT molecular complexity index is 323. The third-order valence-corrected chi connectivity index (χ3v) is 4.07. The summed E-state index contributed by atoms with van der Waals surface area (Å²) in [6.07, 6.45) is 6.71. The van der Waals surface area contributed by atoms with Crippen molar-refractivity contribution in [2.24, 2.45) is 5.92 Å². The molecule has 0 radical (unpaired) electrons. The molecule has 0 bridgehead atoms. The third-order valence-electron chi connectivity index (χ3n) is 4.07. The van der Waals surface area contributed by atoms with Crippen LogP contribution in [0.3, 0.4) is 0 Å². The van der Waals surface area contributed by atoms with E-state index in [1.807, 2.05) is 0 Å². The highest BCUT2D eigenvalue weighted by atomic mass is 15.5. The van der Waals surface area contributed by atoms with Crippen molar-refractivity contribution < 1.29 is 0 Å². The van der Waals surface area contributed by atoms with E-state index in [9.17, 15) is 0 Å². The van der Waals surface area contributed by atoms with Crippen LogP contribution in [0.5, 0.6) is 0 Å². The molecular weight excluding hydrogens is 190 g/mol. The fraction of sp³-hybridized carbons (Fsp3) is 0.900.